The van der Waals surface area contributed by atoms with Crippen LogP contribution in [0.15, 0.2) is 65.6 Å². The number of hydrogen-bond acceptors (Lipinski definition) is 3. The third kappa shape index (κ3) is 5.35. The normalized spacial score (nSPS) is 16.1. The van der Waals surface area contributed by atoms with Gasteiger partial charge >= 0.3 is 12.4 Å². The second-order valence-electron chi connectivity index (χ2n) is 7.80. The van der Waals surface area contributed by atoms with Gasteiger partial charge in [-0.3, -0.25) is 4.72 Å². The van der Waals surface area contributed by atoms with E-state index in [1.807, 2.05) is 0 Å². The highest BCUT2D eigenvalue weighted by Crippen LogP contribution is 2.44. The molecule has 4 rings (SSSR count). The van der Waals surface area contributed by atoms with Crippen LogP contribution in [0.2, 0.25) is 5.02 Å². The molecule has 1 N–H and O–H groups in total. The highest BCUT2D eigenvalue weighted by molar-refractivity contribution is 7.92. The summed E-state index contributed by atoms with van der Waals surface area (Å²) in [4.78, 5) is -0.591. The molecular weight excluding hydrogens is 520 g/mol. The highest BCUT2D eigenvalue weighted by atomic mass is 35.5. The molecule has 1 aliphatic carbocycles. The molecule has 0 bridgehead atoms. The first-order valence-electron chi connectivity index (χ1n) is 10.1. The fourth-order valence-corrected chi connectivity index (χ4v) is 5.11. The predicted molar refractivity (Wildman–Crippen MR) is 117 cm³/mol. The Bertz CT molecular complexity index is 1370. The fourth-order valence-electron chi connectivity index (χ4n) is 3.80. The van der Waals surface area contributed by atoms with Gasteiger partial charge in [-0.25, -0.2) is 8.42 Å². The number of sulfonamides is 1. The van der Waals surface area contributed by atoms with Crippen LogP contribution < -0.4 is 9.46 Å². The lowest BCUT2D eigenvalue weighted by molar-refractivity contribution is -0.139. The van der Waals surface area contributed by atoms with E-state index in [4.69, 9.17) is 16.3 Å². The van der Waals surface area contributed by atoms with Gasteiger partial charge in [0.15, 0.2) is 5.75 Å². The molecule has 12 heteroatoms. The van der Waals surface area contributed by atoms with Crippen LogP contribution in [0.5, 0.6) is 5.75 Å². The number of para-hydroxylation sites is 1. The van der Waals surface area contributed by atoms with Crippen molar-refractivity contribution in [1.82, 2.24) is 0 Å². The summed E-state index contributed by atoms with van der Waals surface area (Å²) in [6.07, 6.45) is -9.49. The van der Waals surface area contributed by atoms with Gasteiger partial charge in [0.05, 0.1) is 21.0 Å². The summed E-state index contributed by atoms with van der Waals surface area (Å²) < 4.78 is 112. The van der Waals surface area contributed by atoms with Crippen molar-refractivity contribution in [3.8, 4) is 5.75 Å². The molecule has 1 unspecified atom stereocenters. The molecule has 35 heavy (non-hydrogen) atoms. The Labute approximate surface area is 201 Å². The summed E-state index contributed by atoms with van der Waals surface area (Å²) in [5, 5.41) is -0.227. The number of aryl methyl sites for hydroxylation is 1. The first kappa shape index (κ1) is 25.2. The highest BCUT2D eigenvalue weighted by Gasteiger charge is 2.37. The zero-order chi connectivity index (χ0) is 25.6. The van der Waals surface area contributed by atoms with Crippen molar-refractivity contribution in [2.75, 3.05) is 4.72 Å². The number of benzene rings is 3. The Morgan fingerprint density at radius 1 is 0.914 bits per heavy atom. The molecule has 1 aliphatic rings. The first-order chi connectivity index (χ1) is 16.3. The van der Waals surface area contributed by atoms with Crippen LogP contribution in [0.3, 0.4) is 0 Å². The molecule has 4 nitrogen and oxygen atoms in total. The standard InChI is InChI=1S/C23H16ClF6NO3S/c24-19-6-2-5-18(23(28,29)30)21(19)34-20-10-8-13-7-9-15(12-17(13)20)31-35(32,33)16-4-1-3-14(11-16)22(25,26)27/h1-7,9,11-12,20,31H,8,10H2. The third-order valence-electron chi connectivity index (χ3n) is 5.42. The van der Waals surface area contributed by atoms with Gasteiger partial charge in [0, 0.05) is 5.69 Å². The quantitative estimate of drug-likeness (QED) is 0.350. The Kier molecular flexibility index (Phi) is 6.43. The maximum atomic E-state index is 13.4. The minimum Gasteiger partial charge on any atom is -0.484 e. The SMILES string of the molecule is O=S(=O)(Nc1ccc2c(c1)C(Oc1c(Cl)cccc1C(F)(F)F)CC2)c1cccc(C(F)(F)F)c1. The Morgan fingerprint density at radius 2 is 1.63 bits per heavy atom. The van der Waals surface area contributed by atoms with E-state index in [0.717, 1.165) is 35.9 Å². The zero-order valence-corrected chi connectivity index (χ0v) is 19.1. The second kappa shape index (κ2) is 8.94. The Morgan fingerprint density at radius 3 is 2.31 bits per heavy atom. The molecule has 0 spiro atoms. The average Bonchev–Trinajstić information content (AvgIpc) is 3.15. The summed E-state index contributed by atoms with van der Waals surface area (Å²) >= 11 is 5.98. The maximum Gasteiger partial charge on any atom is 0.420 e. The Balaban J connectivity index is 1.62. The molecule has 0 heterocycles. The minimum absolute atomic E-state index is 0.0202. The molecule has 0 fully saturated rings. The van der Waals surface area contributed by atoms with Crippen molar-refractivity contribution in [1.29, 1.82) is 0 Å². The van der Waals surface area contributed by atoms with Crippen molar-refractivity contribution >= 4 is 27.3 Å². The van der Waals surface area contributed by atoms with Crippen molar-refractivity contribution < 1.29 is 39.5 Å². The summed E-state index contributed by atoms with van der Waals surface area (Å²) in [6.45, 7) is 0. The maximum absolute atomic E-state index is 13.4. The average molecular weight is 536 g/mol. The van der Waals surface area contributed by atoms with E-state index >= 15 is 0 Å². The van der Waals surface area contributed by atoms with E-state index in [0.29, 0.717) is 24.5 Å². The van der Waals surface area contributed by atoms with Gasteiger partial charge in [-0.05, 0) is 66.4 Å². The lowest BCUT2D eigenvalue weighted by Gasteiger charge is -2.20. The largest absolute Gasteiger partial charge is 0.484 e. The van der Waals surface area contributed by atoms with Crippen LogP contribution in [0.4, 0.5) is 32.0 Å². The van der Waals surface area contributed by atoms with Gasteiger partial charge in [-0.2, -0.15) is 26.3 Å². The summed E-state index contributed by atoms with van der Waals surface area (Å²) in [5.74, 6) is -0.533. The van der Waals surface area contributed by atoms with Gasteiger partial charge < -0.3 is 4.74 Å². The van der Waals surface area contributed by atoms with Crippen molar-refractivity contribution in [3.63, 3.8) is 0 Å². The third-order valence-corrected chi connectivity index (χ3v) is 7.10. The van der Waals surface area contributed by atoms with Crippen molar-refractivity contribution in [3.05, 3.63) is 87.9 Å². The van der Waals surface area contributed by atoms with Crippen molar-refractivity contribution in [2.45, 2.75) is 36.2 Å². The number of fused-ring (bicyclic) bond motifs is 1. The molecule has 1 atom stereocenters. The lowest BCUT2D eigenvalue weighted by Crippen LogP contribution is -2.15. The smallest absolute Gasteiger partial charge is 0.420 e. The number of rotatable bonds is 5. The molecule has 3 aromatic carbocycles. The van der Waals surface area contributed by atoms with Crippen LogP contribution in [0.25, 0.3) is 0 Å². The van der Waals surface area contributed by atoms with E-state index in [9.17, 15) is 34.8 Å². The van der Waals surface area contributed by atoms with Crippen LogP contribution in [-0.2, 0) is 28.8 Å². The van der Waals surface area contributed by atoms with E-state index < -0.39 is 50.3 Å². The molecule has 0 aliphatic heterocycles. The summed E-state index contributed by atoms with van der Waals surface area (Å²) in [6, 6.07) is 10.9. The van der Waals surface area contributed by atoms with Gasteiger partial charge in [-0.1, -0.05) is 29.8 Å². The monoisotopic (exact) mass is 535 g/mol. The summed E-state index contributed by atoms with van der Waals surface area (Å²) in [7, 11) is -4.38. The molecule has 0 amide bonds. The topological polar surface area (TPSA) is 55.4 Å². The van der Waals surface area contributed by atoms with Crippen LogP contribution >= 0.6 is 11.6 Å². The molecule has 0 aromatic heterocycles. The second-order valence-corrected chi connectivity index (χ2v) is 9.89. The zero-order valence-electron chi connectivity index (χ0n) is 17.5. The summed E-state index contributed by atoms with van der Waals surface area (Å²) in [5.41, 5.74) is -0.963. The molecule has 186 valence electrons. The molecule has 0 saturated heterocycles. The van der Waals surface area contributed by atoms with Crippen LogP contribution in [-0.4, -0.2) is 8.42 Å². The van der Waals surface area contributed by atoms with E-state index in [1.54, 1.807) is 6.07 Å². The number of anilines is 1. The van der Waals surface area contributed by atoms with E-state index in [2.05, 4.69) is 4.72 Å². The van der Waals surface area contributed by atoms with Gasteiger partial charge in [0.1, 0.15) is 6.10 Å². The molecule has 3 aromatic rings. The van der Waals surface area contributed by atoms with E-state index in [1.165, 1.54) is 18.2 Å². The van der Waals surface area contributed by atoms with Gasteiger partial charge in [-0.15, -0.1) is 0 Å². The van der Waals surface area contributed by atoms with E-state index in [-0.39, 0.29) is 10.7 Å². The number of nitrogens with one attached hydrogen (secondary N) is 1. The predicted octanol–water partition coefficient (Wildman–Crippen LogP) is 7.24. The van der Waals surface area contributed by atoms with Crippen LogP contribution in [0, 0.1) is 0 Å². The number of alkyl halides is 6. The minimum atomic E-state index is -4.72. The molecular formula is C23H16ClF6NO3S. The fraction of sp³-hybridized carbons (Fsp3) is 0.217. The lowest BCUT2D eigenvalue weighted by atomic mass is 10.1. The molecule has 0 saturated carbocycles. The molecule has 0 radical (unpaired) electrons. The van der Waals surface area contributed by atoms with Gasteiger partial charge in [0.25, 0.3) is 10.0 Å². The number of ether oxygens (including phenoxy) is 1. The number of hydrogen-bond donors (Lipinski definition) is 1. The van der Waals surface area contributed by atoms with Gasteiger partial charge in [0.2, 0.25) is 0 Å². The van der Waals surface area contributed by atoms with Crippen molar-refractivity contribution in [2.24, 2.45) is 0 Å². The Hall–Kier alpha value is -2.92. The first-order valence-corrected chi connectivity index (χ1v) is 12.0. The number of halogens is 7. The van der Waals surface area contributed by atoms with Crippen LogP contribution in [0.1, 0.15) is 34.8 Å².